The zero-order valence-electron chi connectivity index (χ0n) is 16.3. The van der Waals surface area contributed by atoms with E-state index in [0.29, 0.717) is 10.5 Å². The number of ether oxygens (including phenoxy) is 2. The number of benzene rings is 2. The molecule has 0 aliphatic carbocycles. The summed E-state index contributed by atoms with van der Waals surface area (Å²) in [5, 5.41) is 0.521. The highest BCUT2D eigenvalue weighted by Gasteiger charge is 2.43. The predicted octanol–water partition coefficient (Wildman–Crippen LogP) is 5.33. The van der Waals surface area contributed by atoms with Crippen molar-refractivity contribution >= 4 is 40.8 Å². The van der Waals surface area contributed by atoms with Crippen LogP contribution in [0.3, 0.4) is 0 Å². The molecule has 1 heterocycles. The summed E-state index contributed by atoms with van der Waals surface area (Å²) in [4.78, 5) is 25.7. The van der Waals surface area contributed by atoms with E-state index < -0.39 is 43.2 Å². The summed E-state index contributed by atoms with van der Waals surface area (Å²) in [7, 11) is 0. The Bertz CT molecular complexity index is 983. The summed E-state index contributed by atoms with van der Waals surface area (Å²) < 4.78 is 50.8. The lowest BCUT2D eigenvalue weighted by atomic mass is 9.99. The minimum atomic E-state index is -4.69. The van der Waals surface area contributed by atoms with Gasteiger partial charge in [0.25, 0.3) is 5.91 Å². The van der Waals surface area contributed by atoms with Crippen LogP contribution in [0.15, 0.2) is 42.5 Å². The van der Waals surface area contributed by atoms with Gasteiger partial charge in [0.2, 0.25) is 0 Å². The molecule has 1 amide bonds. The van der Waals surface area contributed by atoms with E-state index in [2.05, 4.69) is 0 Å². The topological polar surface area (TPSA) is 55.8 Å². The highest BCUT2D eigenvalue weighted by atomic mass is 35.5. The molecule has 0 radical (unpaired) electrons. The third-order valence-corrected chi connectivity index (χ3v) is 5.17. The first-order valence-electron chi connectivity index (χ1n) is 9.33. The van der Waals surface area contributed by atoms with Crippen LogP contribution >= 0.6 is 23.2 Å². The fourth-order valence-corrected chi connectivity index (χ4v) is 3.76. The first kappa shape index (κ1) is 23.4. The van der Waals surface area contributed by atoms with Crippen molar-refractivity contribution in [3.63, 3.8) is 0 Å². The number of amides is 1. The lowest BCUT2D eigenvalue weighted by Gasteiger charge is -2.25. The molecular formula is C21H18Cl2F3NO4. The monoisotopic (exact) mass is 475 g/mol. The molecule has 1 aliphatic rings. The van der Waals surface area contributed by atoms with Gasteiger partial charge in [-0.25, -0.2) is 0 Å². The molecule has 0 saturated carbocycles. The third-order valence-electron chi connectivity index (χ3n) is 4.59. The van der Waals surface area contributed by atoms with Gasteiger partial charge in [-0.1, -0.05) is 41.4 Å². The highest BCUT2D eigenvalue weighted by molar-refractivity contribution is 6.31. The van der Waals surface area contributed by atoms with Crippen LogP contribution in [-0.2, 0) is 19.1 Å². The summed E-state index contributed by atoms with van der Waals surface area (Å²) in [5.74, 6) is -1.78. The second kappa shape index (κ2) is 9.46. The molecule has 0 aromatic heterocycles. The van der Waals surface area contributed by atoms with Crippen molar-refractivity contribution in [2.24, 2.45) is 0 Å². The molecule has 31 heavy (non-hydrogen) atoms. The van der Waals surface area contributed by atoms with Crippen molar-refractivity contribution in [2.75, 3.05) is 18.1 Å². The van der Waals surface area contributed by atoms with Gasteiger partial charge in [-0.2, -0.15) is 13.2 Å². The van der Waals surface area contributed by atoms with E-state index in [1.165, 1.54) is 18.2 Å². The summed E-state index contributed by atoms with van der Waals surface area (Å²) in [6.07, 6.45) is -7.80. The maximum absolute atomic E-state index is 13.3. The average molecular weight is 476 g/mol. The maximum Gasteiger partial charge on any atom is 0.406 e. The number of carbonyl (C=O) groups excluding carboxylic acids is 2. The van der Waals surface area contributed by atoms with Crippen molar-refractivity contribution in [3.8, 4) is 0 Å². The van der Waals surface area contributed by atoms with Gasteiger partial charge in [-0.05, 0) is 31.2 Å². The molecule has 10 heteroatoms. The molecule has 3 rings (SSSR count). The van der Waals surface area contributed by atoms with Crippen molar-refractivity contribution in [2.45, 2.75) is 31.7 Å². The smallest absolute Gasteiger partial charge is 0.406 e. The van der Waals surface area contributed by atoms with Gasteiger partial charge in [-0.3, -0.25) is 9.59 Å². The van der Waals surface area contributed by atoms with E-state index in [-0.39, 0.29) is 27.9 Å². The number of anilines is 1. The van der Waals surface area contributed by atoms with Crippen molar-refractivity contribution < 1.29 is 32.2 Å². The minimum absolute atomic E-state index is 0.0250. The zero-order chi connectivity index (χ0) is 22.8. The molecular weight excluding hydrogens is 458 g/mol. The number of nitrogens with zero attached hydrogens (tertiary/aromatic N) is 1. The first-order valence-corrected chi connectivity index (χ1v) is 10.1. The standard InChI is InChI=1S/C21H18Cl2F3NO4/c1-2-30-18(28)10-17-20(29)27(11-21(24,25)26)16-8-7-12(22)9-14(16)19(31-17)13-5-3-4-6-15(13)23/h3-9,17,19H,2,10-11H2,1H3/t17-,19-/m1/s1. The molecule has 166 valence electrons. The van der Waals surface area contributed by atoms with Gasteiger partial charge in [0.15, 0.2) is 0 Å². The van der Waals surface area contributed by atoms with Crippen LogP contribution in [0.5, 0.6) is 0 Å². The molecule has 0 spiro atoms. The fraction of sp³-hybridized carbons (Fsp3) is 0.333. The van der Waals surface area contributed by atoms with Crippen LogP contribution < -0.4 is 4.90 Å². The number of hydrogen-bond donors (Lipinski definition) is 0. The Balaban J connectivity index is 2.17. The second-order valence-electron chi connectivity index (χ2n) is 6.78. The quantitative estimate of drug-likeness (QED) is 0.548. The predicted molar refractivity (Wildman–Crippen MR) is 109 cm³/mol. The van der Waals surface area contributed by atoms with Crippen LogP contribution in [-0.4, -0.2) is 37.3 Å². The van der Waals surface area contributed by atoms with Gasteiger partial charge in [0.1, 0.15) is 18.8 Å². The maximum atomic E-state index is 13.3. The number of carbonyl (C=O) groups is 2. The molecule has 1 aliphatic heterocycles. The molecule has 0 bridgehead atoms. The number of esters is 1. The fourth-order valence-electron chi connectivity index (χ4n) is 3.35. The summed E-state index contributed by atoms with van der Waals surface area (Å²) in [5.41, 5.74) is 0.621. The number of alkyl halides is 3. The zero-order valence-corrected chi connectivity index (χ0v) is 17.8. The van der Waals surface area contributed by atoms with E-state index in [0.717, 1.165) is 0 Å². The molecule has 0 fully saturated rings. The SMILES string of the molecule is CCOC(=O)C[C@H]1O[C@H](c2ccccc2Cl)c2cc(Cl)ccc2N(CC(F)(F)F)C1=O. The van der Waals surface area contributed by atoms with Crippen LogP contribution in [0.25, 0.3) is 0 Å². The van der Waals surface area contributed by atoms with E-state index in [1.807, 2.05) is 0 Å². The third kappa shape index (κ3) is 5.50. The Morgan fingerprint density at radius 2 is 1.87 bits per heavy atom. The van der Waals surface area contributed by atoms with E-state index >= 15 is 0 Å². The van der Waals surface area contributed by atoms with Crippen LogP contribution in [0, 0.1) is 0 Å². The van der Waals surface area contributed by atoms with Crippen LogP contribution in [0.1, 0.15) is 30.6 Å². The van der Waals surface area contributed by atoms with Gasteiger partial charge in [0.05, 0.1) is 18.7 Å². The lowest BCUT2D eigenvalue weighted by molar-refractivity contribution is -0.152. The Hall–Kier alpha value is -2.29. The van der Waals surface area contributed by atoms with Crippen LogP contribution in [0.4, 0.5) is 18.9 Å². The number of rotatable bonds is 5. The number of fused-ring (bicyclic) bond motifs is 1. The normalized spacial score (nSPS) is 19.0. The van der Waals surface area contributed by atoms with Gasteiger partial charge in [-0.15, -0.1) is 0 Å². The summed E-state index contributed by atoms with van der Waals surface area (Å²) in [6, 6.07) is 10.7. The van der Waals surface area contributed by atoms with Crippen molar-refractivity contribution in [1.29, 1.82) is 0 Å². The van der Waals surface area contributed by atoms with Crippen LogP contribution in [0.2, 0.25) is 10.0 Å². The lowest BCUT2D eigenvalue weighted by Crippen LogP contribution is -2.45. The molecule has 2 atom stereocenters. The summed E-state index contributed by atoms with van der Waals surface area (Å²) in [6.45, 7) is 0.0716. The Morgan fingerprint density at radius 1 is 1.16 bits per heavy atom. The molecule has 5 nitrogen and oxygen atoms in total. The molecule has 0 saturated heterocycles. The minimum Gasteiger partial charge on any atom is -0.466 e. The number of hydrogen-bond acceptors (Lipinski definition) is 4. The molecule has 2 aromatic carbocycles. The molecule has 0 N–H and O–H groups in total. The van der Waals surface area contributed by atoms with E-state index in [4.69, 9.17) is 32.7 Å². The summed E-state index contributed by atoms with van der Waals surface area (Å²) >= 11 is 12.4. The average Bonchev–Trinajstić information content (AvgIpc) is 2.78. The Morgan fingerprint density at radius 3 is 2.52 bits per heavy atom. The van der Waals surface area contributed by atoms with Gasteiger partial charge >= 0.3 is 12.1 Å². The number of halogens is 5. The second-order valence-corrected chi connectivity index (χ2v) is 7.62. The molecule has 0 unspecified atom stereocenters. The Kier molecular flexibility index (Phi) is 7.13. The van der Waals surface area contributed by atoms with Crippen molar-refractivity contribution in [3.05, 3.63) is 63.6 Å². The molecule has 2 aromatic rings. The largest absolute Gasteiger partial charge is 0.466 e. The highest BCUT2D eigenvalue weighted by Crippen LogP contribution is 2.42. The van der Waals surface area contributed by atoms with E-state index in [1.54, 1.807) is 31.2 Å². The van der Waals surface area contributed by atoms with Gasteiger partial charge < -0.3 is 14.4 Å². The Labute approximate surface area is 186 Å². The first-order chi connectivity index (χ1) is 14.6. The van der Waals surface area contributed by atoms with E-state index in [9.17, 15) is 22.8 Å². The van der Waals surface area contributed by atoms with Crippen molar-refractivity contribution in [1.82, 2.24) is 0 Å². The van der Waals surface area contributed by atoms with Gasteiger partial charge in [0, 0.05) is 21.2 Å².